The Morgan fingerprint density at radius 1 is 1.29 bits per heavy atom. The minimum absolute atomic E-state index is 0.0936. The van der Waals surface area contributed by atoms with Crippen molar-refractivity contribution in [2.24, 2.45) is 0 Å². The summed E-state index contributed by atoms with van der Waals surface area (Å²) < 4.78 is 21.9. The van der Waals surface area contributed by atoms with Crippen LogP contribution in [-0.4, -0.2) is 46.6 Å². The summed E-state index contributed by atoms with van der Waals surface area (Å²) in [5, 5.41) is 0. The molecule has 7 nitrogen and oxygen atoms in total. The van der Waals surface area contributed by atoms with E-state index < -0.39 is 11.4 Å². The molecule has 3 aromatic rings. The minimum atomic E-state index is -1.13. The smallest absolute Gasteiger partial charge is 0.258 e. The van der Waals surface area contributed by atoms with Gasteiger partial charge in [-0.1, -0.05) is 0 Å². The van der Waals surface area contributed by atoms with Crippen molar-refractivity contribution < 1.29 is 9.29 Å². The average molecular weight is 402 g/mol. The van der Waals surface area contributed by atoms with Crippen molar-refractivity contribution in [2.75, 3.05) is 13.7 Å². The third-order valence-electron chi connectivity index (χ3n) is 4.52. The summed E-state index contributed by atoms with van der Waals surface area (Å²) in [5.41, 5.74) is 3.21. The van der Waals surface area contributed by atoms with E-state index >= 15 is 0 Å². The molecule has 0 saturated carbocycles. The quantitative estimate of drug-likeness (QED) is 0.587. The van der Waals surface area contributed by atoms with Crippen molar-refractivity contribution in [1.82, 2.24) is 23.7 Å². The van der Waals surface area contributed by atoms with Crippen molar-refractivity contribution in [3.63, 3.8) is 0 Å². The second-order valence-electron chi connectivity index (χ2n) is 7.53. The number of imidazole rings is 1. The molecule has 0 N–H and O–H groups in total. The van der Waals surface area contributed by atoms with Crippen LogP contribution in [0.25, 0.3) is 16.9 Å². The van der Waals surface area contributed by atoms with Crippen molar-refractivity contribution in [3.8, 4) is 17.1 Å². The number of ether oxygens (including phenoxy) is 1. The third kappa shape index (κ3) is 3.99. The lowest BCUT2D eigenvalue weighted by molar-refractivity contribution is 0.339. The van der Waals surface area contributed by atoms with Gasteiger partial charge in [-0.05, 0) is 46.8 Å². The number of rotatable bonds is 6. The Bertz CT molecular complexity index is 953. The average Bonchev–Trinajstić information content (AvgIpc) is 3.15. The van der Waals surface area contributed by atoms with Crippen LogP contribution < -0.4 is 4.74 Å². The first-order valence-electron chi connectivity index (χ1n) is 9.29. The highest BCUT2D eigenvalue weighted by Crippen LogP contribution is 2.30. The lowest BCUT2D eigenvalue weighted by atomic mass is 10.1. The largest absolute Gasteiger partial charge is 0.597 e. The van der Waals surface area contributed by atoms with Crippen LogP contribution in [0.4, 0.5) is 0 Å². The highest BCUT2D eigenvalue weighted by atomic mass is 32.2. The summed E-state index contributed by atoms with van der Waals surface area (Å²) in [4.78, 5) is 13.4. The summed E-state index contributed by atoms with van der Waals surface area (Å²) in [7, 11) is 1.59. The number of methoxy groups -OCH3 is 1. The molecule has 0 spiro atoms. The van der Waals surface area contributed by atoms with Crippen LogP contribution in [0.1, 0.15) is 46.4 Å². The standard InChI is InChI=1S/C20H27N5O2S/c1-7-25(28(26)20(3,4)5)14(2)16-12-15(8-9-21-16)17-13-24-11-10-22-18(24)19(23-17)27-6/h8-14H,7H2,1-6H3/t14-,28?/m1/s1. The van der Waals surface area contributed by atoms with Gasteiger partial charge in [0.25, 0.3) is 5.88 Å². The van der Waals surface area contributed by atoms with Crippen LogP contribution in [0, 0.1) is 0 Å². The molecule has 0 saturated heterocycles. The van der Waals surface area contributed by atoms with E-state index in [1.54, 1.807) is 19.5 Å². The number of aromatic nitrogens is 4. The second-order valence-corrected chi connectivity index (χ2v) is 9.73. The predicted octanol–water partition coefficient (Wildman–Crippen LogP) is 3.65. The minimum Gasteiger partial charge on any atom is -0.597 e. The fourth-order valence-corrected chi connectivity index (χ4v) is 4.38. The lowest BCUT2D eigenvalue weighted by Gasteiger charge is -2.35. The number of fused-ring (bicyclic) bond motifs is 1. The number of nitrogens with zero attached hydrogens (tertiary/aromatic N) is 5. The zero-order chi connectivity index (χ0) is 20.5. The monoisotopic (exact) mass is 401 g/mol. The Morgan fingerprint density at radius 2 is 2.04 bits per heavy atom. The van der Waals surface area contributed by atoms with Gasteiger partial charge in [0.2, 0.25) is 0 Å². The molecule has 0 amide bonds. The molecule has 0 bridgehead atoms. The van der Waals surface area contributed by atoms with E-state index in [1.807, 2.05) is 67.9 Å². The maximum Gasteiger partial charge on any atom is 0.258 e. The molecule has 3 rings (SSSR count). The van der Waals surface area contributed by atoms with Crippen LogP contribution in [0.3, 0.4) is 0 Å². The summed E-state index contributed by atoms with van der Waals surface area (Å²) in [6.07, 6.45) is 7.25. The molecule has 0 aliphatic heterocycles. The summed E-state index contributed by atoms with van der Waals surface area (Å²) in [6.45, 7) is 10.7. The molecule has 0 aliphatic rings. The zero-order valence-corrected chi connectivity index (χ0v) is 18.0. The van der Waals surface area contributed by atoms with Gasteiger partial charge in [0.15, 0.2) is 5.65 Å². The SMILES string of the molecule is CCN([C@H](C)c1cc(-c2cn3ccnc3c(OC)n2)ccn1)[S+]([O-])C(C)(C)C. The zero-order valence-electron chi connectivity index (χ0n) is 17.2. The molecule has 3 heterocycles. The van der Waals surface area contributed by atoms with Crippen molar-refractivity contribution in [3.05, 3.63) is 42.6 Å². The molecule has 0 radical (unpaired) electrons. The fraction of sp³-hybridized carbons (Fsp3) is 0.450. The molecule has 1 unspecified atom stereocenters. The molecular weight excluding hydrogens is 374 g/mol. The maximum atomic E-state index is 12.9. The number of hydrogen-bond acceptors (Lipinski definition) is 6. The molecule has 0 aliphatic carbocycles. The number of hydrogen-bond donors (Lipinski definition) is 0. The molecule has 2 atom stereocenters. The molecule has 0 fully saturated rings. The van der Waals surface area contributed by atoms with Gasteiger partial charge in [0, 0.05) is 48.3 Å². The first-order valence-corrected chi connectivity index (χ1v) is 10.4. The summed E-state index contributed by atoms with van der Waals surface area (Å²) >= 11 is -1.13. The van der Waals surface area contributed by atoms with Crippen LogP contribution in [0.15, 0.2) is 36.9 Å². The van der Waals surface area contributed by atoms with Gasteiger partial charge in [0.1, 0.15) is 4.75 Å². The molecule has 150 valence electrons. The van der Waals surface area contributed by atoms with Gasteiger partial charge >= 0.3 is 0 Å². The Labute approximate surface area is 169 Å². The van der Waals surface area contributed by atoms with E-state index in [-0.39, 0.29) is 10.8 Å². The normalized spacial score (nSPS) is 14.4. The summed E-state index contributed by atoms with van der Waals surface area (Å²) in [5.74, 6) is 0.470. The van der Waals surface area contributed by atoms with Gasteiger partial charge in [-0.15, -0.1) is 4.31 Å². The lowest BCUT2D eigenvalue weighted by Crippen LogP contribution is -2.44. The third-order valence-corrected chi connectivity index (χ3v) is 6.57. The first kappa shape index (κ1) is 20.6. The van der Waals surface area contributed by atoms with Crippen LogP contribution in [-0.2, 0) is 11.4 Å². The highest BCUT2D eigenvalue weighted by molar-refractivity contribution is 7.90. The van der Waals surface area contributed by atoms with Crippen LogP contribution in [0.5, 0.6) is 5.88 Å². The number of pyridine rings is 1. The van der Waals surface area contributed by atoms with Crippen molar-refractivity contribution >= 4 is 17.0 Å². The van der Waals surface area contributed by atoms with Crippen molar-refractivity contribution in [2.45, 2.75) is 45.4 Å². The predicted molar refractivity (Wildman–Crippen MR) is 111 cm³/mol. The maximum absolute atomic E-state index is 12.9. The summed E-state index contributed by atoms with van der Waals surface area (Å²) in [6, 6.07) is 3.82. The van der Waals surface area contributed by atoms with Crippen molar-refractivity contribution in [1.29, 1.82) is 0 Å². The van der Waals surface area contributed by atoms with E-state index in [0.717, 1.165) is 17.0 Å². The Morgan fingerprint density at radius 3 is 2.68 bits per heavy atom. The van der Waals surface area contributed by atoms with Crippen LogP contribution in [0.2, 0.25) is 0 Å². The molecular formula is C20H27N5O2S. The fourth-order valence-electron chi connectivity index (χ4n) is 3.05. The molecule has 28 heavy (non-hydrogen) atoms. The van der Waals surface area contributed by atoms with Gasteiger partial charge in [-0.25, -0.2) is 9.97 Å². The first-order chi connectivity index (χ1) is 13.3. The Kier molecular flexibility index (Phi) is 5.92. The van der Waals surface area contributed by atoms with Gasteiger partial charge in [0.05, 0.1) is 24.5 Å². The Balaban J connectivity index is 1.98. The van der Waals surface area contributed by atoms with E-state index in [2.05, 4.69) is 15.0 Å². The van der Waals surface area contributed by atoms with E-state index in [9.17, 15) is 4.55 Å². The topological polar surface area (TPSA) is 78.6 Å². The van der Waals surface area contributed by atoms with Gasteiger partial charge < -0.3 is 13.7 Å². The van der Waals surface area contributed by atoms with Gasteiger partial charge in [-0.2, -0.15) is 0 Å². The van der Waals surface area contributed by atoms with E-state index in [0.29, 0.717) is 18.1 Å². The van der Waals surface area contributed by atoms with E-state index in [1.165, 1.54) is 0 Å². The molecule has 8 heteroatoms. The van der Waals surface area contributed by atoms with E-state index in [4.69, 9.17) is 4.74 Å². The Hall–Kier alpha value is -2.16. The second kappa shape index (κ2) is 8.06. The van der Waals surface area contributed by atoms with Crippen LogP contribution >= 0.6 is 0 Å². The molecule has 3 aromatic heterocycles. The highest BCUT2D eigenvalue weighted by Gasteiger charge is 2.36. The molecule has 0 aromatic carbocycles. The van der Waals surface area contributed by atoms with Gasteiger partial charge in [-0.3, -0.25) is 4.98 Å².